The topological polar surface area (TPSA) is 106 Å². The van der Waals surface area contributed by atoms with E-state index in [9.17, 15) is 9.59 Å². The van der Waals surface area contributed by atoms with Crippen LogP contribution in [0.3, 0.4) is 0 Å². The van der Waals surface area contributed by atoms with Gasteiger partial charge in [0.15, 0.2) is 10.8 Å². The van der Waals surface area contributed by atoms with E-state index in [4.69, 9.17) is 21.1 Å². The molecule has 2 N–H and O–H groups in total. The highest BCUT2D eigenvalue weighted by Gasteiger charge is 2.46. The van der Waals surface area contributed by atoms with Crippen LogP contribution in [0.1, 0.15) is 38.4 Å². The van der Waals surface area contributed by atoms with Crippen molar-refractivity contribution < 1.29 is 19.1 Å². The van der Waals surface area contributed by atoms with Gasteiger partial charge in [-0.15, -0.1) is 10.2 Å². The number of methoxy groups -OCH3 is 1. The number of nitrogens with one attached hydrogen (secondary N) is 2. The number of rotatable bonds is 2. The Bertz CT molecular complexity index is 874. The number of halogens is 1. The number of aryl methyl sites for hydroxylation is 1. The van der Waals surface area contributed by atoms with Crippen molar-refractivity contribution in [3.05, 3.63) is 22.5 Å². The monoisotopic (exact) mass is 380 g/mol. The van der Waals surface area contributed by atoms with Gasteiger partial charge in [-0.1, -0.05) is 11.6 Å². The fourth-order valence-corrected chi connectivity index (χ4v) is 3.39. The number of ether oxygens (including phenoxy) is 2. The quantitative estimate of drug-likeness (QED) is 0.775. The van der Waals surface area contributed by atoms with E-state index >= 15 is 0 Å². The predicted molar refractivity (Wildman–Crippen MR) is 95.0 cm³/mol. The SMILES string of the molecule is COC(=O)C1(NC(=O)OC(C)(C)C)CCc2[nH]c3nnc(Cl)cc3c2C1. The molecule has 9 heteroatoms. The fraction of sp³-hybridized carbons (Fsp3) is 0.529. The van der Waals surface area contributed by atoms with Crippen molar-refractivity contribution in [2.45, 2.75) is 51.2 Å². The number of alkyl carbamates (subject to hydrolysis) is 1. The largest absolute Gasteiger partial charge is 0.467 e. The van der Waals surface area contributed by atoms with Crippen LogP contribution in [-0.2, 0) is 27.1 Å². The van der Waals surface area contributed by atoms with Crippen molar-refractivity contribution >= 4 is 34.7 Å². The molecule has 0 fully saturated rings. The highest BCUT2D eigenvalue weighted by molar-refractivity contribution is 6.29. The highest BCUT2D eigenvalue weighted by atomic mass is 35.5. The van der Waals surface area contributed by atoms with Crippen molar-refractivity contribution in [2.75, 3.05) is 7.11 Å². The fourth-order valence-electron chi connectivity index (χ4n) is 3.24. The summed E-state index contributed by atoms with van der Waals surface area (Å²) in [4.78, 5) is 28.1. The van der Waals surface area contributed by atoms with E-state index < -0.39 is 23.2 Å². The van der Waals surface area contributed by atoms with E-state index in [0.29, 0.717) is 18.5 Å². The minimum Gasteiger partial charge on any atom is -0.467 e. The van der Waals surface area contributed by atoms with Gasteiger partial charge in [0.25, 0.3) is 0 Å². The lowest BCUT2D eigenvalue weighted by Gasteiger charge is -2.35. The number of aromatic nitrogens is 3. The van der Waals surface area contributed by atoms with Crippen molar-refractivity contribution in [2.24, 2.45) is 0 Å². The van der Waals surface area contributed by atoms with Crippen LogP contribution >= 0.6 is 11.6 Å². The molecule has 2 heterocycles. The molecule has 1 atom stereocenters. The third-order valence-corrected chi connectivity index (χ3v) is 4.50. The average Bonchev–Trinajstić information content (AvgIpc) is 2.89. The van der Waals surface area contributed by atoms with Gasteiger partial charge in [-0.25, -0.2) is 9.59 Å². The van der Waals surface area contributed by atoms with Crippen LogP contribution in [0.5, 0.6) is 0 Å². The Balaban J connectivity index is 1.98. The Morgan fingerprint density at radius 2 is 2.08 bits per heavy atom. The van der Waals surface area contributed by atoms with Crippen molar-refractivity contribution in [3.8, 4) is 0 Å². The average molecular weight is 381 g/mol. The summed E-state index contributed by atoms with van der Waals surface area (Å²) in [6.45, 7) is 5.28. The first-order chi connectivity index (χ1) is 12.1. The molecule has 1 aliphatic carbocycles. The van der Waals surface area contributed by atoms with Crippen LogP contribution in [0.4, 0.5) is 4.79 Å². The molecule has 140 valence electrons. The van der Waals surface area contributed by atoms with Gasteiger partial charge in [0.1, 0.15) is 11.1 Å². The number of esters is 1. The van der Waals surface area contributed by atoms with Gasteiger partial charge in [0, 0.05) is 17.5 Å². The molecule has 0 spiro atoms. The Kier molecular flexibility index (Phi) is 4.56. The molecular formula is C17H21ClN4O4. The van der Waals surface area contributed by atoms with Crippen molar-refractivity contribution in [1.82, 2.24) is 20.5 Å². The number of hydrogen-bond acceptors (Lipinski definition) is 6. The van der Waals surface area contributed by atoms with E-state index in [-0.39, 0.29) is 11.6 Å². The lowest BCUT2D eigenvalue weighted by Crippen LogP contribution is -2.59. The molecule has 26 heavy (non-hydrogen) atoms. The molecule has 0 aliphatic heterocycles. The molecule has 1 unspecified atom stereocenters. The van der Waals surface area contributed by atoms with Gasteiger partial charge < -0.3 is 19.8 Å². The van der Waals surface area contributed by atoms with Gasteiger partial charge in [0.2, 0.25) is 0 Å². The van der Waals surface area contributed by atoms with E-state index in [1.807, 2.05) is 0 Å². The molecule has 0 radical (unpaired) electrons. The van der Waals surface area contributed by atoms with Crippen molar-refractivity contribution in [1.29, 1.82) is 0 Å². The lowest BCUT2D eigenvalue weighted by molar-refractivity contribution is -0.149. The van der Waals surface area contributed by atoms with Crippen LogP contribution in [-0.4, -0.2) is 45.5 Å². The van der Waals surface area contributed by atoms with E-state index in [2.05, 4.69) is 20.5 Å². The zero-order chi connectivity index (χ0) is 19.1. The molecule has 0 aromatic carbocycles. The third kappa shape index (κ3) is 3.46. The predicted octanol–water partition coefficient (Wildman–Crippen LogP) is 2.54. The zero-order valence-corrected chi connectivity index (χ0v) is 15.9. The maximum absolute atomic E-state index is 12.6. The molecule has 1 aliphatic rings. The van der Waals surface area contributed by atoms with Crippen LogP contribution in [0.2, 0.25) is 5.15 Å². The van der Waals surface area contributed by atoms with Gasteiger partial charge in [-0.3, -0.25) is 0 Å². The number of carbonyl (C=O) groups is 2. The summed E-state index contributed by atoms with van der Waals surface area (Å²) in [6.07, 6.45) is 0.494. The first kappa shape index (κ1) is 18.4. The van der Waals surface area contributed by atoms with E-state index in [1.54, 1.807) is 26.8 Å². The molecule has 1 amide bonds. The number of aromatic amines is 1. The summed E-state index contributed by atoms with van der Waals surface area (Å²) in [5.41, 5.74) is 0.518. The maximum Gasteiger partial charge on any atom is 0.408 e. The van der Waals surface area contributed by atoms with E-state index in [1.165, 1.54) is 7.11 Å². The first-order valence-electron chi connectivity index (χ1n) is 8.26. The Morgan fingerprint density at radius 1 is 1.35 bits per heavy atom. The van der Waals surface area contributed by atoms with Crippen molar-refractivity contribution in [3.63, 3.8) is 0 Å². The number of carbonyl (C=O) groups excluding carboxylic acids is 2. The van der Waals surface area contributed by atoms with Gasteiger partial charge >= 0.3 is 12.1 Å². The minimum atomic E-state index is -1.21. The molecule has 2 aromatic heterocycles. The normalized spacial score (nSPS) is 19.7. The molecule has 8 nitrogen and oxygen atoms in total. The van der Waals surface area contributed by atoms with E-state index in [0.717, 1.165) is 16.6 Å². The number of nitrogens with zero attached hydrogens (tertiary/aromatic N) is 2. The molecule has 0 saturated carbocycles. The molecule has 0 bridgehead atoms. The number of hydrogen-bond donors (Lipinski definition) is 2. The van der Waals surface area contributed by atoms with Crippen LogP contribution < -0.4 is 5.32 Å². The van der Waals surface area contributed by atoms with Gasteiger partial charge in [0.05, 0.1) is 7.11 Å². The number of fused-ring (bicyclic) bond motifs is 3. The molecular weight excluding hydrogens is 360 g/mol. The lowest BCUT2D eigenvalue weighted by atomic mass is 9.80. The Hall–Kier alpha value is -2.35. The summed E-state index contributed by atoms with van der Waals surface area (Å²) in [5.74, 6) is -0.517. The Morgan fingerprint density at radius 3 is 2.73 bits per heavy atom. The zero-order valence-electron chi connectivity index (χ0n) is 15.1. The van der Waals surface area contributed by atoms with Crippen LogP contribution in [0.25, 0.3) is 11.0 Å². The summed E-state index contributed by atoms with van der Waals surface area (Å²) < 4.78 is 10.3. The number of amides is 1. The maximum atomic E-state index is 12.6. The van der Waals surface area contributed by atoms with Crippen LogP contribution in [0, 0.1) is 0 Å². The van der Waals surface area contributed by atoms with Crippen LogP contribution in [0.15, 0.2) is 6.07 Å². The molecule has 3 rings (SSSR count). The van der Waals surface area contributed by atoms with Gasteiger partial charge in [-0.2, -0.15) is 0 Å². The second kappa shape index (κ2) is 6.42. The van der Waals surface area contributed by atoms with Gasteiger partial charge in [-0.05, 0) is 45.2 Å². The minimum absolute atomic E-state index is 0.246. The smallest absolute Gasteiger partial charge is 0.408 e. The summed E-state index contributed by atoms with van der Waals surface area (Å²) in [5, 5.41) is 11.6. The number of H-pyrrole nitrogens is 1. The summed E-state index contributed by atoms with van der Waals surface area (Å²) in [7, 11) is 1.30. The third-order valence-electron chi connectivity index (χ3n) is 4.32. The first-order valence-corrected chi connectivity index (χ1v) is 8.63. The Labute approximate surface area is 155 Å². The highest BCUT2D eigenvalue weighted by Crippen LogP contribution is 2.35. The summed E-state index contributed by atoms with van der Waals surface area (Å²) in [6, 6.07) is 1.69. The standard InChI is InChI=1S/C17H21ClN4O4/c1-16(2,3)26-15(24)20-17(14(23)25-4)6-5-11-10(8-17)9-7-12(18)21-22-13(9)19-11/h7H,5-6,8H2,1-4H3,(H,19,22)(H,20,24). The second-order valence-corrected chi connectivity index (χ2v) is 7.78. The second-order valence-electron chi connectivity index (χ2n) is 7.39. The summed E-state index contributed by atoms with van der Waals surface area (Å²) >= 11 is 5.97. The molecule has 2 aromatic rings. The molecule has 0 saturated heterocycles.